The smallest absolute Gasteiger partial charge is 0.257 e. The Morgan fingerprint density at radius 2 is 2.05 bits per heavy atom. The number of hydrogen-bond acceptors (Lipinski definition) is 6. The van der Waals surface area contributed by atoms with Crippen LogP contribution in [0.5, 0.6) is 0 Å². The fraction of sp³-hybridized carbons (Fsp3) is 0.429. The molecule has 1 aromatic heterocycles. The molecule has 0 saturated carbocycles. The molecule has 0 bridgehead atoms. The Morgan fingerprint density at radius 3 is 2.64 bits per heavy atom. The predicted octanol–water partition coefficient (Wildman–Crippen LogP) is 1.15. The highest BCUT2D eigenvalue weighted by Gasteiger charge is 2.18. The second kappa shape index (κ2) is 6.15. The van der Waals surface area contributed by atoms with Crippen LogP contribution in [0.3, 0.4) is 0 Å². The summed E-state index contributed by atoms with van der Waals surface area (Å²) in [5.41, 5.74) is 1.96. The number of aromatic nitrogens is 2. The lowest BCUT2D eigenvalue weighted by Gasteiger charge is -2.08. The highest BCUT2D eigenvalue weighted by atomic mass is 32.2. The Labute approximate surface area is 130 Å². The van der Waals surface area contributed by atoms with E-state index in [9.17, 15) is 8.42 Å². The first kappa shape index (κ1) is 16.6. The maximum Gasteiger partial charge on any atom is 0.257 e. The summed E-state index contributed by atoms with van der Waals surface area (Å²) in [6, 6.07) is 3.49. The number of benzene rings is 1. The number of likely N-dealkylation sites (N-methyl/N-ethyl adjacent to an activating group) is 1. The molecule has 1 aromatic carbocycles. The molecule has 1 atom stereocenters. The zero-order valence-electron chi connectivity index (χ0n) is 13.0. The molecule has 0 aliphatic heterocycles. The van der Waals surface area contributed by atoms with E-state index in [0.717, 1.165) is 5.56 Å². The molecule has 0 aliphatic rings. The summed E-state index contributed by atoms with van der Waals surface area (Å²) in [5, 5.41) is 12.3. The average Bonchev–Trinajstić information content (AvgIpc) is 2.88. The third-order valence-electron chi connectivity index (χ3n) is 3.62. The van der Waals surface area contributed by atoms with E-state index in [1.165, 1.54) is 6.07 Å². The number of primary sulfonamides is 1. The molecule has 120 valence electrons. The fourth-order valence-electron chi connectivity index (χ4n) is 2.08. The molecule has 2 aromatic rings. The van der Waals surface area contributed by atoms with E-state index >= 15 is 0 Å². The van der Waals surface area contributed by atoms with Gasteiger partial charge in [-0.25, -0.2) is 13.6 Å². The highest BCUT2D eigenvalue weighted by molar-refractivity contribution is 7.89. The Kier molecular flexibility index (Phi) is 4.64. The molecular weight excluding hydrogens is 304 g/mol. The standard InChI is InChI=1S/C14H20N4O3S/c1-8-5-11(7-12(10(8)3)22(15,19)20)14-17-13(18-21-14)6-9(2)16-4/h5,7,9,16H,6H2,1-4H3,(H2,15,19,20). The van der Waals surface area contributed by atoms with Gasteiger partial charge in [0, 0.05) is 18.0 Å². The molecule has 1 heterocycles. The van der Waals surface area contributed by atoms with Gasteiger partial charge in [0.05, 0.1) is 4.90 Å². The predicted molar refractivity (Wildman–Crippen MR) is 82.8 cm³/mol. The van der Waals surface area contributed by atoms with Gasteiger partial charge in [0.1, 0.15) is 0 Å². The van der Waals surface area contributed by atoms with Gasteiger partial charge in [-0.05, 0) is 51.1 Å². The van der Waals surface area contributed by atoms with Gasteiger partial charge in [0.25, 0.3) is 5.89 Å². The third kappa shape index (κ3) is 3.52. The van der Waals surface area contributed by atoms with E-state index in [4.69, 9.17) is 9.66 Å². The van der Waals surface area contributed by atoms with Crippen molar-refractivity contribution in [2.45, 2.75) is 38.1 Å². The lowest BCUT2D eigenvalue weighted by Crippen LogP contribution is -2.24. The van der Waals surface area contributed by atoms with Gasteiger partial charge in [-0.15, -0.1) is 0 Å². The minimum Gasteiger partial charge on any atom is -0.334 e. The molecule has 0 radical (unpaired) electrons. The van der Waals surface area contributed by atoms with Crippen LogP contribution < -0.4 is 10.5 Å². The van der Waals surface area contributed by atoms with E-state index in [2.05, 4.69) is 15.5 Å². The summed E-state index contributed by atoms with van der Waals surface area (Å²) in [5.74, 6) is 0.846. The van der Waals surface area contributed by atoms with E-state index < -0.39 is 10.0 Å². The molecule has 2 rings (SSSR count). The van der Waals surface area contributed by atoms with Gasteiger partial charge in [0.15, 0.2) is 5.82 Å². The monoisotopic (exact) mass is 324 g/mol. The summed E-state index contributed by atoms with van der Waals surface area (Å²) in [4.78, 5) is 4.38. The van der Waals surface area contributed by atoms with Crippen LogP contribution in [0.15, 0.2) is 21.6 Å². The van der Waals surface area contributed by atoms with Gasteiger partial charge >= 0.3 is 0 Å². The average molecular weight is 324 g/mol. The number of nitrogens with two attached hydrogens (primary N) is 1. The normalized spacial score (nSPS) is 13.3. The van der Waals surface area contributed by atoms with Gasteiger partial charge in [0.2, 0.25) is 10.0 Å². The van der Waals surface area contributed by atoms with Crippen molar-refractivity contribution in [1.29, 1.82) is 0 Å². The van der Waals surface area contributed by atoms with Gasteiger partial charge in [-0.3, -0.25) is 0 Å². The second-order valence-electron chi connectivity index (χ2n) is 5.37. The summed E-state index contributed by atoms with van der Waals surface area (Å²) in [6.45, 7) is 5.53. The van der Waals surface area contributed by atoms with Crippen LogP contribution in [0, 0.1) is 13.8 Å². The number of rotatable bonds is 5. The van der Waals surface area contributed by atoms with Gasteiger partial charge < -0.3 is 9.84 Å². The van der Waals surface area contributed by atoms with Crippen molar-refractivity contribution in [3.8, 4) is 11.5 Å². The van der Waals surface area contributed by atoms with Crippen molar-refractivity contribution in [2.24, 2.45) is 5.14 Å². The zero-order chi connectivity index (χ0) is 16.5. The lowest BCUT2D eigenvalue weighted by atomic mass is 10.1. The van der Waals surface area contributed by atoms with Gasteiger partial charge in [-0.1, -0.05) is 5.16 Å². The van der Waals surface area contributed by atoms with Crippen molar-refractivity contribution in [3.63, 3.8) is 0 Å². The Bertz CT molecular complexity index is 783. The molecule has 0 fully saturated rings. The number of hydrogen-bond donors (Lipinski definition) is 2. The third-order valence-corrected chi connectivity index (χ3v) is 4.66. The first-order chi connectivity index (χ1) is 10.2. The topological polar surface area (TPSA) is 111 Å². The van der Waals surface area contributed by atoms with Crippen LogP contribution in [0.1, 0.15) is 23.9 Å². The number of sulfonamides is 1. The molecule has 0 saturated heterocycles. The van der Waals surface area contributed by atoms with Crippen LogP contribution >= 0.6 is 0 Å². The van der Waals surface area contributed by atoms with Crippen LogP contribution in [0.25, 0.3) is 11.5 Å². The van der Waals surface area contributed by atoms with Crippen molar-refractivity contribution in [1.82, 2.24) is 15.5 Å². The SMILES string of the molecule is CNC(C)Cc1noc(-c2cc(C)c(C)c(S(N)(=O)=O)c2)n1. The molecule has 8 heteroatoms. The first-order valence-corrected chi connectivity index (χ1v) is 8.41. The molecule has 22 heavy (non-hydrogen) atoms. The van der Waals surface area contributed by atoms with Crippen LogP contribution in [0.2, 0.25) is 0 Å². The van der Waals surface area contributed by atoms with E-state index in [1.807, 2.05) is 27.0 Å². The zero-order valence-corrected chi connectivity index (χ0v) is 13.9. The Balaban J connectivity index is 2.44. The molecule has 0 aliphatic carbocycles. The molecule has 7 nitrogen and oxygen atoms in total. The molecule has 0 amide bonds. The van der Waals surface area contributed by atoms with Crippen LogP contribution in [0.4, 0.5) is 0 Å². The number of aryl methyl sites for hydroxylation is 1. The summed E-state index contributed by atoms with van der Waals surface area (Å²) in [6.07, 6.45) is 0.618. The molecule has 3 N–H and O–H groups in total. The van der Waals surface area contributed by atoms with Crippen molar-refractivity contribution >= 4 is 10.0 Å². The number of nitrogens with one attached hydrogen (secondary N) is 1. The van der Waals surface area contributed by atoms with Crippen LogP contribution in [-0.4, -0.2) is 31.6 Å². The fourth-order valence-corrected chi connectivity index (χ4v) is 2.96. The van der Waals surface area contributed by atoms with Crippen LogP contribution in [-0.2, 0) is 16.4 Å². The Hall–Kier alpha value is -1.77. The Morgan fingerprint density at radius 1 is 1.36 bits per heavy atom. The van der Waals surface area contributed by atoms with E-state index in [0.29, 0.717) is 23.4 Å². The summed E-state index contributed by atoms with van der Waals surface area (Å²) < 4.78 is 28.6. The number of nitrogens with zero attached hydrogens (tertiary/aromatic N) is 2. The molecule has 0 spiro atoms. The van der Waals surface area contributed by atoms with Crippen molar-refractivity contribution in [3.05, 3.63) is 29.1 Å². The lowest BCUT2D eigenvalue weighted by molar-refractivity contribution is 0.418. The quantitative estimate of drug-likeness (QED) is 0.853. The first-order valence-electron chi connectivity index (χ1n) is 6.86. The minimum atomic E-state index is -3.80. The maximum absolute atomic E-state index is 11.7. The van der Waals surface area contributed by atoms with Crippen molar-refractivity contribution < 1.29 is 12.9 Å². The van der Waals surface area contributed by atoms with Gasteiger partial charge in [-0.2, -0.15) is 4.98 Å². The molecule has 1 unspecified atom stereocenters. The maximum atomic E-state index is 11.7. The van der Waals surface area contributed by atoms with E-state index in [-0.39, 0.29) is 16.8 Å². The van der Waals surface area contributed by atoms with Crippen molar-refractivity contribution in [2.75, 3.05) is 7.05 Å². The second-order valence-corrected chi connectivity index (χ2v) is 6.90. The summed E-state index contributed by atoms with van der Waals surface area (Å²) in [7, 11) is -1.95. The van der Waals surface area contributed by atoms with E-state index in [1.54, 1.807) is 6.92 Å². The molecular formula is C14H20N4O3S. The summed E-state index contributed by atoms with van der Waals surface area (Å²) >= 11 is 0. The largest absolute Gasteiger partial charge is 0.334 e. The highest BCUT2D eigenvalue weighted by Crippen LogP contribution is 2.26. The minimum absolute atomic E-state index is 0.0749.